The minimum absolute atomic E-state index is 0.223. The van der Waals surface area contributed by atoms with Crippen LogP contribution in [0.15, 0.2) is 0 Å². The van der Waals surface area contributed by atoms with Crippen molar-refractivity contribution in [3.05, 3.63) is 0 Å². The van der Waals surface area contributed by atoms with E-state index in [4.69, 9.17) is 9.47 Å². The zero-order valence-corrected chi connectivity index (χ0v) is 16.8. The second kappa shape index (κ2) is 7.72. The van der Waals surface area contributed by atoms with Crippen LogP contribution in [-0.4, -0.2) is 58.0 Å². The fourth-order valence-electron chi connectivity index (χ4n) is 2.91. The van der Waals surface area contributed by atoms with E-state index >= 15 is 0 Å². The average molecular weight is 372 g/mol. The molecule has 1 aliphatic rings. The fraction of sp³-hybridized carbons (Fsp3) is 0.833. The van der Waals surface area contributed by atoms with E-state index in [2.05, 4.69) is 5.32 Å². The van der Waals surface area contributed by atoms with Gasteiger partial charge in [0.1, 0.15) is 11.2 Å². The normalized spacial score (nSPS) is 20.3. The number of hydrogen-bond acceptors (Lipinski definition) is 5. The maximum Gasteiger partial charge on any atom is 0.410 e. The number of likely N-dealkylation sites (tertiary alicyclic amines) is 1. The molecule has 8 nitrogen and oxygen atoms in total. The SMILES string of the molecule is CC(C)(C)OC(=O)NC(C)(CC(=O)O)C1CCN(C(=O)OC(C)(C)C)C1. The van der Waals surface area contributed by atoms with Crippen molar-refractivity contribution < 1.29 is 29.0 Å². The van der Waals surface area contributed by atoms with E-state index in [1.54, 1.807) is 53.4 Å². The Labute approximate surface area is 155 Å². The maximum atomic E-state index is 12.2. The summed E-state index contributed by atoms with van der Waals surface area (Å²) in [5, 5.41) is 12.0. The van der Waals surface area contributed by atoms with Crippen LogP contribution in [0.1, 0.15) is 61.3 Å². The number of ether oxygens (including phenoxy) is 2. The maximum absolute atomic E-state index is 12.2. The lowest BCUT2D eigenvalue weighted by Crippen LogP contribution is -2.54. The van der Waals surface area contributed by atoms with E-state index in [0.717, 1.165) is 0 Å². The Hall–Kier alpha value is -1.99. The van der Waals surface area contributed by atoms with Crippen LogP contribution in [0.3, 0.4) is 0 Å². The molecule has 1 saturated heterocycles. The van der Waals surface area contributed by atoms with E-state index in [1.807, 2.05) is 0 Å². The molecule has 0 bridgehead atoms. The van der Waals surface area contributed by atoms with E-state index in [9.17, 15) is 19.5 Å². The van der Waals surface area contributed by atoms with Gasteiger partial charge >= 0.3 is 18.2 Å². The number of amides is 2. The van der Waals surface area contributed by atoms with Gasteiger partial charge in [-0.25, -0.2) is 9.59 Å². The second-order valence-electron chi connectivity index (χ2n) is 9.03. The molecule has 0 spiro atoms. The number of carbonyl (C=O) groups excluding carboxylic acids is 2. The van der Waals surface area contributed by atoms with Crippen LogP contribution in [-0.2, 0) is 14.3 Å². The van der Waals surface area contributed by atoms with Crippen LogP contribution in [0.5, 0.6) is 0 Å². The third-order valence-corrected chi connectivity index (χ3v) is 4.05. The minimum Gasteiger partial charge on any atom is -0.481 e. The van der Waals surface area contributed by atoms with Crippen molar-refractivity contribution in [1.82, 2.24) is 10.2 Å². The number of aliphatic carboxylic acids is 1. The Balaban J connectivity index is 2.85. The van der Waals surface area contributed by atoms with Crippen LogP contribution in [0.2, 0.25) is 0 Å². The van der Waals surface area contributed by atoms with Gasteiger partial charge in [0.25, 0.3) is 0 Å². The first-order valence-corrected chi connectivity index (χ1v) is 8.82. The molecule has 1 fully saturated rings. The summed E-state index contributed by atoms with van der Waals surface area (Å²) < 4.78 is 10.6. The molecular weight excluding hydrogens is 340 g/mol. The van der Waals surface area contributed by atoms with E-state index < -0.39 is 34.9 Å². The van der Waals surface area contributed by atoms with Crippen molar-refractivity contribution in [3.8, 4) is 0 Å². The molecule has 2 amide bonds. The molecule has 2 unspecified atom stereocenters. The number of carboxylic acids is 1. The predicted molar refractivity (Wildman–Crippen MR) is 95.9 cm³/mol. The number of rotatable bonds is 4. The quantitative estimate of drug-likeness (QED) is 0.786. The highest BCUT2D eigenvalue weighted by Crippen LogP contribution is 2.31. The summed E-state index contributed by atoms with van der Waals surface area (Å²) in [4.78, 5) is 37.3. The van der Waals surface area contributed by atoms with Gasteiger partial charge in [0.05, 0.1) is 12.0 Å². The van der Waals surface area contributed by atoms with Crippen LogP contribution < -0.4 is 5.32 Å². The summed E-state index contributed by atoms with van der Waals surface area (Å²) in [6, 6.07) is 0. The van der Waals surface area contributed by atoms with Crippen LogP contribution in [0.4, 0.5) is 9.59 Å². The molecular formula is C18H32N2O6. The topological polar surface area (TPSA) is 105 Å². The molecule has 0 radical (unpaired) electrons. The number of nitrogens with zero attached hydrogens (tertiary/aromatic N) is 1. The summed E-state index contributed by atoms with van der Waals surface area (Å²) in [5.74, 6) is -1.25. The van der Waals surface area contributed by atoms with Crippen molar-refractivity contribution in [1.29, 1.82) is 0 Å². The zero-order chi connectivity index (χ0) is 20.3. The van der Waals surface area contributed by atoms with Gasteiger partial charge in [-0.15, -0.1) is 0 Å². The largest absolute Gasteiger partial charge is 0.481 e. The molecule has 2 atom stereocenters. The van der Waals surface area contributed by atoms with Gasteiger partial charge in [-0.2, -0.15) is 0 Å². The smallest absolute Gasteiger partial charge is 0.410 e. The van der Waals surface area contributed by atoms with Gasteiger partial charge in [-0.05, 0) is 54.9 Å². The van der Waals surface area contributed by atoms with Crippen molar-refractivity contribution in [2.45, 2.75) is 78.0 Å². The number of carbonyl (C=O) groups is 3. The molecule has 2 N–H and O–H groups in total. The molecule has 1 heterocycles. The predicted octanol–water partition coefficient (Wildman–Crippen LogP) is 3.00. The summed E-state index contributed by atoms with van der Waals surface area (Å²) in [5.41, 5.74) is -2.33. The van der Waals surface area contributed by atoms with Crippen molar-refractivity contribution >= 4 is 18.2 Å². The van der Waals surface area contributed by atoms with Gasteiger partial charge in [-0.1, -0.05) is 0 Å². The van der Waals surface area contributed by atoms with Crippen molar-refractivity contribution in [3.63, 3.8) is 0 Å². The molecule has 1 rings (SSSR count). The molecule has 0 aromatic rings. The molecule has 1 aliphatic heterocycles. The zero-order valence-electron chi connectivity index (χ0n) is 16.8. The highest BCUT2D eigenvalue weighted by molar-refractivity contribution is 5.73. The Kier molecular flexibility index (Phi) is 6.54. The Bertz CT molecular complexity index is 549. The molecule has 8 heteroatoms. The molecule has 0 aliphatic carbocycles. The first-order valence-electron chi connectivity index (χ1n) is 8.82. The number of hydrogen-bond donors (Lipinski definition) is 2. The van der Waals surface area contributed by atoms with Gasteiger partial charge in [0.15, 0.2) is 0 Å². The van der Waals surface area contributed by atoms with Crippen LogP contribution in [0.25, 0.3) is 0 Å². The van der Waals surface area contributed by atoms with Crippen LogP contribution >= 0.6 is 0 Å². The Morgan fingerprint density at radius 1 is 1.04 bits per heavy atom. The van der Waals surface area contributed by atoms with E-state index in [0.29, 0.717) is 19.5 Å². The van der Waals surface area contributed by atoms with Crippen LogP contribution in [0, 0.1) is 5.92 Å². The van der Waals surface area contributed by atoms with Gasteiger partial charge < -0.3 is 24.8 Å². The highest BCUT2D eigenvalue weighted by Gasteiger charge is 2.44. The summed E-state index contributed by atoms with van der Waals surface area (Å²) >= 11 is 0. The van der Waals surface area contributed by atoms with Crippen molar-refractivity contribution in [2.24, 2.45) is 5.92 Å². The average Bonchev–Trinajstić information content (AvgIpc) is 2.82. The third kappa shape index (κ3) is 7.09. The summed E-state index contributed by atoms with van der Waals surface area (Å²) in [6.45, 7) is 13.0. The monoisotopic (exact) mass is 372 g/mol. The fourth-order valence-corrected chi connectivity index (χ4v) is 2.91. The molecule has 0 aromatic heterocycles. The molecule has 0 saturated carbocycles. The summed E-state index contributed by atoms with van der Waals surface area (Å²) in [6.07, 6.45) is -0.801. The summed E-state index contributed by atoms with van der Waals surface area (Å²) in [7, 11) is 0. The third-order valence-electron chi connectivity index (χ3n) is 4.05. The molecule has 0 aromatic carbocycles. The number of nitrogens with one attached hydrogen (secondary N) is 1. The molecule has 26 heavy (non-hydrogen) atoms. The van der Waals surface area contributed by atoms with Gasteiger partial charge in [0, 0.05) is 19.0 Å². The van der Waals surface area contributed by atoms with Gasteiger partial charge in [-0.3, -0.25) is 4.79 Å². The Morgan fingerprint density at radius 3 is 2.04 bits per heavy atom. The van der Waals surface area contributed by atoms with Gasteiger partial charge in [0.2, 0.25) is 0 Å². The second-order valence-corrected chi connectivity index (χ2v) is 9.03. The first kappa shape index (κ1) is 22.1. The lowest BCUT2D eigenvalue weighted by Gasteiger charge is -2.36. The first-order chi connectivity index (χ1) is 11.6. The van der Waals surface area contributed by atoms with E-state index in [-0.39, 0.29) is 12.3 Å². The minimum atomic E-state index is -1.04. The lowest BCUT2D eigenvalue weighted by atomic mass is 9.82. The number of carboxylic acid groups (broad SMARTS) is 1. The Morgan fingerprint density at radius 2 is 1.58 bits per heavy atom. The lowest BCUT2D eigenvalue weighted by molar-refractivity contribution is -0.139. The van der Waals surface area contributed by atoms with E-state index in [1.165, 1.54) is 0 Å². The standard InChI is InChI=1S/C18H32N2O6/c1-16(2,3)25-14(23)19-18(7,10-13(21)22)12-8-9-20(11-12)15(24)26-17(4,5)6/h12H,8-11H2,1-7H3,(H,19,23)(H,21,22). The highest BCUT2D eigenvalue weighted by atomic mass is 16.6. The number of alkyl carbamates (subject to hydrolysis) is 1. The van der Waals surface area contributed by atoms with Crippen molar-refractivity contribution in [2.75, 3.05) is 13.1 Å². The molecule has 150 valence electrons.